The summed E-state index contributed by atoms with van der Waals surface area (Å²) in [7, 11) is -3.70. The number of anilines is 1. The van der Waals surface area contributed by atoms with Gasteiger partial charge in [-0.05, 0) is 43.4 Å². The van der Waals surface area contributed by atoms with Gasteiger partial charge in [-0.25, -0.2) is 17.9 Å². The molecule has 1 aliphatic rings. The standard InChI is InChI=1S/C17H26N2O4S/c1-12(2)9-10-18-24(22,23)14-7-8-16(15(11-14)17(20)21)19-13-5-3-4-6-13/h7-8,11-13,18-19H,3-6,9-10H2,1-2H3,(H,20,21). The van der Waals surface area contributed by atoms with Crippen LogP contribution in [0.1, 0.15) is 56.3 Å². The molecule has 1 aromatic carbocycles. The molecule has 0 aromatic heterocycles. The van der Waals surface area contributed by atoms with Crippen molar-refractivity contribution < 1.29 is 18.3 Å². The van der Waals surface area contributed by atoms with E-state index in [1.165, 1.54) is 12.1 Å². The zero-order valence-electron chi connectivity index (χ0n) is 14.2. The summed E-state index contributed by atoms with van der Waals surface area (Å²) in [5, 5.41) is 12.7. The van der Waals surface area contributed by atoms with Crippen molar-refractivity contribution in [2.24, 2.45) is 5.92 Å². The van der Waals surface area contributed by atoms with Crippen molar-refractivity contribution in [3.8, 4) is 0 Å². The van der Waals surface area contributed by atoms with Crippen LogP contribution < -0.4 is 10.0 Å². The van der Waals surface area contributed by atoms with E-state index in [-0.39, 0.29) is 16.5 Å². The molecule has 7 heteroatoms. The number of nitrogens with one attached hydrogen (secondary N) is 2. The third kappa shape index (κ3) is 4.95. The van der Waals surface area contributed by atoms with Gasteiger partial charge in [0.05, 0.1) is 10.5 Å². The van der Waals surface area contributed by atoms with Gasteiger partial charge in [0, 0.05) is 18.3 Å². The van der Waals surface area contributed by atoms with Crippen LogP contribution >= 0.6 is 0 Å². The Bertz CT molecular complexity index is 680. The first kappa shape index (κ1) is 18.7. The van der Waals surface area contributed by atoms with Gasteiger partial charge in [0.1, 0.15) is 0 Å². The van der Waals surface area contributed by atoms with Gasteiger partial charge in [0.25, 0.3) is 0 Å². The fraction of sp³-hybridized carbons (Fsp3) is 0.588. The minimum atomic E-state index is -3.70. The van der Waals surface area contributed by atoms with Crippen LogP contribution in [0.3, 0.4) is 0 Å². The van der Waals surface area contributed by atoms with Gasteiger partial charge in [-0.15, -0.1) is 0 Å². The summed E-state index contributed by atoms with van der Waals surface area (Å²) in [6, 6.07) is 4.51. The number of benzene rings is 1. The van der Waals surface area contributed by atoms with Crippen LogP contribution in [0.25, 0.3) is 0 Å². The Morgan fingerprint density at radius 3 is 2.54 bits per heavy atom. The fourth-order valence-corrected chi connectivity index (χ4v) is 3.92. The van der Waals surface area contributed by atoms with Gasteiger partial charge in [0.2, 0.25) is 10.0 Å². The molecular formula is C17H26N2O4S. The van der Waals surface area contributed by atoms with Crippen LogP contribution in [0.4, 0.5) is 5.69 Å². The topological polar surface area (TPSA) is 95.5 Å². The minimum Gasteiger partial charge on any atom is -0.478 e. The summed E-state index contributed by atoms with van der Waals surface area (Å²) in [5.41, 5.74) is 0.476. The maximum absolute atomic E-state index is 12.3. The molecular weight excluding hydrogens is 328 g/mol. The molecule has 0 bridgehead atoms. The Hall–Kier alpha value is -1.60. The first-order valence-corrected chi connectivity index (χ1v) is 9.91. The second-order valence-corrected chi connectivity index (χ2v) is 8.49. The fourth-order valence-electron chi connectivity index (χ4n) is 2.85. The van der Waals surface area contributed by atoms with Crippen LogP contribution in [-0.4, -0.2) is 32.1 Å². The molecule has 0 spiro atoms. The van der Waals surface area contributed by atoms with Crippen LogP contribution in [0.5, 0.6) is 0 Å². The van der Waals surface area contributed by atoms with Crippen LogP contribution in [0, 0.1) is 5.92 Å². The van der Waals surface area contributed by atoms with E-state index in [0.717, 1.165) is 32.1 Å². The summed E-state index contributed by atoms with van der Waals surface area (Å²) >= 11 is 0. The van der Waals surface area contributed by atoms with Crippen molar-refractivity contribution in [2.45, 2.75) is 56.9 Å². The molecule has 1 saturated carbocycles. The molecule has 0 unspecified atom stereocenters. The van der Waals surface area contributed by atoms with E-state index in [1.54, 1.807) is 6.07 Å². The number of hydrogen-bond donors (Lipinski definition) is 3. The Kier molecular flexibility index (Phi) is 6.23. The summed E-state index contributed by atoms with van der Waals surface area (Å²) in [5.74, 6) is -0.741. The number of rotatable bonds is 8. The van der Waals surface area contributed by atoms with Gasteiger partial charge in [0.15, 0.2) is 0 Å². The van der Waals surface area contributed by atoms with Gasteiger partial charge < -0.3 is 10.4 Å². The molecule has 0 radical (unpaired) electrons. The molecule has 0 atom stereocenters. The predicted molar refractivity (Wildman–Crippen MR) is 93.9 cm³/mol. The molecule has 6 nitrogen and oxygen atoms in total. The van der Waals surface area contributed by atoms with E-state index in [2.05, 4.69) is 10.0 Å². The molecule has 0 saturated heterocycles. The molecule has 24 heavy (non-hydrogen) atoms. The molecule has 134 valence electrons. The third-order valence-electron chi connectivity index (χ3n) is 4.26. The molecule has 1 aliphatic carbocycles. The predicted octanol–water partition coefficient (Wildman–Crippen LogP) is 3.06. The summed E-state index contributed by atoms with van der Waals surface area (Å²) in [4.78, 5) is 11.5. The molecule has 0 aliphatic heterocycles. The molecule has 0 heterocycles. The molecule has 0 amide bonds. The van der Waals surface area contributed by atoms with Gasteiger partial charge in [-0.3, -0.25) is 0 Å². The van der Waals surface area contributed by atoms with Crippen molar-refractivity contribution in [3.63, 3.8) is 0 Å². The third-order valence-corrected chi connectivity index (χ3v) is 5.72. The van der Waals surface area contributed by atoms with E-state index in [4.69, 9.17) is 0 Å². The maximum atomic E-state index is 12.3. The average Bonchev–Trinajstić information content (AvgIpc) is 2.99. The first-order chi connectivity index (χ1) is 11.3. The average molecular weight is 354 g/mol. The number of hydrogen-bond acceptors (Lipinski definition) is 4. The summed E-state index contributed by atoms with van der Waals surface area (Å²) in [6.45, 7) is 4.37. The van der Waals surface area contributed by atoms with E-state index >= 15 is 0 Å². The van der Waals surface area contributed by atoms with Gasteiger partial charge >= 0.3 is 5.97 Å². The molecule has 2 rings (SSSR count). The number of sulfonamides is 1. The largest absolute Gasteiger partial charge is 0.478 e. The second kappa shape index (κ2) is 7.98. The van der Waals surface area contributed by atoms with Crippen molar-refractivity contribution >= 4 is 21.7 Å². The van der Waals surface area contributed by atoms with Crippen molar-refractivity contribution in [3.05, 3.63) is 23.8 Å². The van der Waals surface area contributed by atoms with Gasteiger partial charge in [-0.1, -0.05) is 26.7 Å². The van der Waals surface area contributed by atoms with Crippen molar-refractivity contribution in [2.75, 3.05) is 11.9 Å². The lowest BCUT2D eigenvalue weighted by atomic mass is 10.1. The number of carbonyl (C=O) groups is 1. The lowest BCUT2D eigenvalue weighted by Gasteiger charge is -2.16. The summed E-state index contributed by atoms with van der Waals surface area (Å²) < 4.78 is 27.2. The zero-order valence-corrected chi connectivity index (χ0v) is 15.0. The summed E-state index contributed by atoms with van der Waals surface area (Å²) in [6.07, 6.45) is 5.01. The normalized spacial score (nSPS) is 15.8. The van der Waals surface area contributed by atoms with Gasteiger partial charge in [-0.2, -0.15) is 0 Å². The molecule has 1 fully saturated rings. The number of aromatic carboxylic acids is 1. The lowest BCUT2D eigenvalue weighted by molar-refractivity contribution is 0.0697. The number of carboxylic acid groups (broad SMARTS) is 1. The highest BCUT2D eigenvalue weighted by Crippen LogP contribution is 2.26. The Labute approximate surface area is 143 Å². The van der Waals surface area contributed by atoms with E-state index < -0.39 is 16.0 Å². The first-order valence-electron chi connectivity index (χ1n) is 8.43. The Morgan fingerprint density at radius 1 is 1.29 bits per heavy atom. The minimum absolute atomic E-state index is 0.00589. The van der Waals surface area contributed by atoms with Crippen molar-refractivity contribution in [1.82, 2.24) is 4.72 Å². The maximum Gasteiger partial charge on any atom is 0.337 e. The Balaban J connectivity index is 2.19. The van der Waals surface area contributed by atoms with Crippen LogP contribution in [-0.2, 0) is 10.0 Å². The lowest BCUT2D eigenvalue weighted by Crippen LogP contribution is -2.26. The Morgan fingerprint density at radius 2 is 1.96 bits per heavy atom. The zero-order chi connectivity index (χ0) is 17.7. The van der Waals surface area contributed by atoms with Crippen molar-refractivity contribution in [1.29, 1.82) is 0 Å². The highest BCUT2D eigenvalue weighted by Gasteiger charge is 2.21. The number of carboxylic acids is 1. The smallest absolute Gasteiger partial charge is 0.337 e. The van der Waals surface area contributed by atoms with E-state index in [1.807, 2.05) is 13.8 Å². The van der Waals surface area contributed by atoms with E-state index in [0.29, 0.717) is 18.2 Å². The second-order valence-electron chi connectivity index (χ2n) is 6.72. The molecule has 1 aromatic rings. The van der Waals surface area contributed by atoms with E-state index in [9.17, 15) is 18.3 Å². The highest BCUT2D eigenvalue weighted by atomic mass is 32.2. The monoisotopic (exact) mass is 354 g/mol. The SMILES string of the molecule is CC(C)CCNS(=O)(=O)c1ccc(NC2CCCC2)c(C(=O)O)c1. The quantitative estimate of drug-likeness (QED) is 0.667. The highest BCUT2D eigenvalue weighted by molar-refractivity contribution is 7.89. The molecule has 3 N–H and O–H groups in total. The van der Waals surface area contributed by atoms with Crippen LogP contribution in [0.2, 0.25) is 0 Å². The van der Waals surface area contributed by atoms with Crippen LogP contribution in [0.15, 0.2) is 23.1 Å².